The van der Waals surface area contributed by atoms with Gasteiger partial charge in [0.15, 0.2) is 22.0 Å². The van der Waals surface area contributed by atoms with Crippen LogP contribution in [0, 0.1) is 0 Å². The number of fused-ring (bicyclic) bond motifs is 2. The van der Waals surface area contributed by atoms with E-state index in [0.29, 0.717) is 58.7 Å². The van der Waals surface area contributed by atoms with Gasteiger partial charge in [-0.05, 0) is 91.2 Å². The molecule has 3 aromatic carbocycles. The van der Waals surface area contributed by atoms with E-state index in [2.05, 4.69) is 20.9 Å². The van der Waals surface area contributed by atoms with Crippen molar-refractivity contribution in [3.8, 4) is 23.0 Å². The molecule has 238 valence electrons. The Kier molecular flexibility index (Phi) is 9.26. The fourth-order valence-electron chi connectivity index (χ4n) is 5.29. The van der Waals surface area contributed by atoms with Crippen LogP contribution in [0.15, 0.2) is 80.1 Å². The number of rotatable bonds is 9. The van der Waals surface area contributed by atoms with Crippen LogP contribution >= 0.6 is 38.9 Å². The fraction of sp³-hybridized carbons (Fsp3) is 0.265. The molecule has 0 saturated heterocycles. The Morgan fingerprint density at radius 2 is 1.96 bits per heavy atom. The van der Waals surface area contributed by atoms with Gasteiger partial charge in [-0.1, -0.05) is 47.2 Å². The van der Waals surface area contributed by atoms with Crippen LogP contribution in [0.2, 0.25) is 5.02 Å². The zero-order chi connectivity index (χ0) is 32.5. The monoisotopic (exact) mass is 724 g/mol. The molecular weight excluding hydrogens is 696 g/mol. The van der Waals surface area contributed by atoms with Gasteiger partial charge >= 0.3 is 5.97 Å². The van der Waals surface area contributed by atoms with E-state index in [4.69, 9.17) is 35.3 Å². The number of ether oxygens (including phenoxy) is 5. The number of carbonyl (C=O) groups is 1. The predicted molar refractivity (Wildman–Crippen MR) is 179 cm³/mol. The molecule has 0 N–H and O–H groups in total. The average molecular weight is 726 g/mol. The Hall–Kier alpha value is -4.06. The van der Waals surface area contributed by atoms with Gasteiger partial charge in [0, 0.05) is 5.56 Å². The minimum absolute atomic E-state index is 0.125. The van der Waals surface area contributed by atoms with Crippen LogP contribution < -0.4 is 33.8 Å². The molecule has 6 rings (SSSR count). The molecule has 1 atom stereocenters. The van der Waals surface area contributed by atoms with Crippen molar-refractivity contribution in [3.63, 3.8) is 0 Å². The highest BCUT2D eigenvalue weighted by atomic mass is 79.9. The number of allylic oxidation sites excluding steroid dienone is 1. The molecule has 2 aliphatic heterocycles. The van der Waals surface area contributed by atoms with Crippen LogP contribution in [-0.4, -0.2) is 30.0 Å². The maximum absolute atomic E-state index is 14.1. The van der Waals surface area contributed by atoms with Crippen molar-refractivity contribution < 1.29 is 28.5 Å². The van der Waals surface area contributed by atoms with E-state index >= 15 is 0 Å². The van der Waals surface area contributed by atoms with Crippen LogP contribution in [0.1, 0.15) is 50.4 Å². The topological polar surface area (TPSA) is 97.6 Å². The molecule has 0 fully saturated rings. The Bertz CT molecular complexity index is 2030. The Labute approximate surface area is 282 Å². The average Bonchev–Trinajstić information content (AvgIpc) is 3.59. The van der Waals surface area contributed by atoms with Gasteiger partial charge in [-0.2, -0.15) is 0 Å². The maximum Gasteiger partial charge on any atom is 0.338 e. The van der Waals surface area contributed by atoms with E-state index in [1.165, 1.54) is 15.9 Å². The second-order valence-corrected chi connectivity index (χ2v) is 13.1. The van der Waals surface area contributed by atoms with Crippen LogP contribution in [0.25, 0.3) is 6.08 Å². The molecule has 0 spiro atoms. The van der Waals surface area contributed by atoms with Crippen LogP contribution in [0.3, 0.4) is 0 Å². The fourth-order valence-corrected chi connectivity index (χ4v) is 7.33. The lowest BCUT2D eigenvalue weighted by Gasteiger charge is -2.26. The first-order valence-corrected chi connectivity index (χ1v) is 16.6. The van der Waals surface area contributed by atoms with E-state index in [9.17, 15) is 9.59 Å². The predicted octanol–water partition coefficient (Wildman–Crippen LogP) is 6.31. The Morgan fingerprint density at radius 1 is 1.17 bits per heavy atom. The summed E-state index contributed by atoms with van der Waals surface area (Å²) < 4.78 is 31.0. The largest absolute Gasteiger partial charge is 0.491 e. The quantitative estimate of drug-likeness (QED) is 0.187. The van der Waals surface area contributed by atoms with Crippen molar-refractivity contribution in [1.29, 1.82) is 0 Å². The number of halogens is 2. The SMILES string of the molecule is CCOC(=O)C1=C(C)N=c2s/c(=C/c3cc(Cl)c(OCc4ccc5c(c4)OCO5)c(Br)c3)c(=O)n2[C@@H]1c1ccccc1OC(C)C. The van der Waals surface area contributed by atoms with Crippen molar-refractivity contribution in [2.24, 2.45) is 4.99 Å². The van der Waals surface area contributed by atoms with Gasteiger partial charge in [0.1, 0.15) is 18.4 Å². The number of hydrogen-bond donors (Lipinski definition) is 0. The summed E-state index contributed by atoms with van der Waals surface area (Å²) in [7, 11) is 0. The zero-order valence-corrected chi connectivity index (χ0v) is 28.6. The molecule has 0 bridgehead atoms. The van der Waals surface area contributed by atoms with E-state index in [-0.39, 0.29) is 37.2 Å². The van der Waals surface area contributed by atoms with Crippen molar-refractivity contribution in [1.82, 2.24) is 4.57 Å². The summed E-state index contributed by atoms with van der Waals surface area (Å²) >= 11 is 11.5. The lowest BCUT2D eigenvalue weighted by molar-refractivity contribution is -0.139. The van der Waals surface area contributed by atoms with Gasteiger partial charge in [0.25, 0.3) is 5.56 Å². The van der Waals surface area contributed by atoms with E-state index in [0.717, 1.165) is 5.56 Å². The molecule has 46 heavy (non-hydrogen) atoms. The van der Waals surface area contributed by atoms with Crippen LogP contribution in [-0.2, 0) is 16.1 Å². The van der Waals surface area contributed by atoms with Gasteiger partial charge in [-0.3, -0.25) is 9.36 Å². The van der Waals surface area contributed by atoms with E-state index in [1.54, 1.807) is 26.0 Å². The summed E-state index contributed by atoms with van der Waals surface area (Å²) in [5.41, 5.74) is 2.69. The van der Waals surface area contributed by atoms with E-state index in [1.807, 2.05) is 62.4 Å². The molecule has 3 heterocycles. The highest BCUT2D eigenvalue weighted by Gasteiger charge is 2.35. The van der Waals surface area contributed by atoms with Crippen molar-refractivity contribution in [3.05, 3.63) is 112 Å². The molecule has 9 nitrogen and oxygen atoms in total. The number of esters is 1. The summed E-state index contributed by atoms with van der Waals surface area (Å²) in [5, 5.41) is 0.368. The molecule has 1 aromatic heterocycles. The number of para-hydroxylation sites is 1. The molecule has 0 amide bonds. The lowest BCUT2D eigenvalue weighted by Crippen LogP contribution is -2.40. The Morgan fingerprint density at radius 3 is 2.72 bits per heavy atom. The third-order valence-electron chi connectivity index (χ3n) is 7.23. The number of hydrogen-bond acceptors (Lipinski definition) is 9. The highest BCUT2D eigenvalue weighted by Crippen LogP contribution is 2.38. The van der Waals surface area contributed by atoms with Crippen LogP contribution in [0.5, 0.6) is 23.0 Å². The normalized spacial score (nSPS) is 15.5. The standard InChI is InChI=1S/C34H30BrClN2O7S/c1-5-41-33(40)29-19(4)37-34-38(30(29)22-8-6-7-9-25(22)45-18(2)3)32(39)28(46-34)15-21-12-23(35)31(24(36)13-21)42-16-20-10-11-26-27(14-20)44-17-43-26/h6-15,18,30H,5,16-17H2,1-4H3/b28-15+/t30-/m1/s1. The van der Waals surface area contributed by atoms with Crippen molar-refractivity contribution in [2.45, 2.75) is 46.4 Å². The first-order chi connectivity index (χ1) is 22.1. The third-order valence-corrected chi connectivity index (χ3v) is 9.08. The summed E-state index contributed by atoms with van der Waals surface area (Å²) in [6.07, 6.45) is 1.62. The lowest BCUT2D eigenvalue weighted by atomic mass is 9.95. The molecule has 0 radical (unpaired) electrons. The second kappa shape index (κ2) is 13.4. The Balaban J connectivity index is 1.38. The first-order valence-electron chi connectivity index (χ1n) is 14.6. The highest BCUT2D eigenvalue weighted by molar-refractivity contribution is 9.10. The van der Waals surface area contributed by atoms with Crippen LogP contribution in [0.4, 0.5) is 0 Å². The first kappa shape index (κ1) is 31.9. The smallest absolute Gasteiger partial charge is 0.338 e. The molecule has 0 saturated carbocycles. The molecular formula is C34H30BrClN2O7S. The number of thiazole rings is 1. The van der Waals surface area contributed by atoms with Gasteiger partial charge in [0.05, 0.1) is 38.0 Å². The minimum atomic E-state index is -0.797. The summed E-state index contributed by atoms with van der Waals surface area (Å²) in [6.45, 7) is 7.98. The molecule has 2 aliphatic rings. The van der Waals surface area contributed by atoms with E-state index < -0.39 is 12.0 Å². The number of aromatic nitrogens is 1. The number of carbonyl (C=O) groups excluding carboxylic acids is 1. The molecule has 0 aliphatic carbocycles. The van der Waals surface area contributed by atoms with Gasteiger partial charge in [-0.15, -0.1) is 0 Å². The summed E-state index contributed by atoms with van der Waals surface area (Å²) in [4.78, 5) is 32.6. The van der Waals surface area contributed by atoms with Gasteiger partial charge in [-0.25, -0.2) is 9.79 Å². The molecule has 4 aromatic rings. The summed E-state index contributed by atoms with van der Waals surface area (Å²) in [5.74, 6) is 1.87. The van der Waals surface area contributed by atoms with Crippen molar-refractivity contribution >= 4 is 50.9 Å². The number of nitrogens with zero attached hydrogens (tertiary/aromatic N) is 2. The second-order valence-electron chi connectivity index (χ2n) is 10.8. The minimum Gasteiger partial charge on any atom is -0.491 e. The van der Waals surface area contributed by atoms with Crippen molar-refractivity contribution in [2.75, 3.05) is 13.4 Å². The zero-order valence-electron chi connectivity index (χ0n) is 25.5. The maximum atomic E-state index is 14.1. The summed E-state index contributed by atoms with van der Waals surface area (Å²) in [6, 6.07) is 15.8. The molecule has 12 heteroatoms. The van der Waals surface area contributed by atoms with Gasteiger partial charge < -0.3 is 23.7 Å². The third kappa shape index (κ3) is 6.31. The molecule has 0 unspecified atom stereocenters. The van der Waals surface area contributed by atoms with Gasteiger partial charge in [0.2, 0.25) is 6.79 Å². The number of benzene rings is 3.